The zero-order valence-corrected chi connectivity index (χ0v) is 52.2. The van der Waals surface area contributed by atoms with Gasteiger partial charge in [0.2, 0.25) is 0 Å². The van der Waals surface area contributed by atoms with Crippen LogP contribution in [0.5, 0.6) is 0 Å². The second-order valence-electron chi connectivity index (χ2n) is 24.5. The van der Waals surface area contributed by atoms with Gasteiger partial charge in [0.1, 0.15) is 22.3 Å². The SMILES string of the molecule is c1ccc(N(c2ccc(-c3ccc(N(c4ccc(-c5ccc(N(c6ccccc6)c6ccc(-c7ccc8c(c7)oc7ccccc78)cc6)cc5)cc4)c4ccc(-n5c6ccccc6c6ccccc65)cc4)cc3)cc2)c2ccc(-c3ccc4c(c3)oc3ccccc34)cc2)cc1. The molecule has 0 saturated heterocycles. The summed E-state index contributed by atoms with van der Waals surface area (Å²) < 4.78 is 14.9. The summed E-state index contributed by atoms with van der Waals surface area (Å²) in [5.74, 6) is 0. The van der Waals surface area contributed by atoms with E-state index in [9.17, 15) is 0 Å². The number of hydrogen-bond acceptors (Lipinski definition) is 5. The summed E-state index contributed by atoms with van der Waals surface area (Å²) in [6.45, 7) is 0. The fraction of sp³-hybridized carbons (Fsp3) is 0. The predicted octanol–water partition coefficient (Wildman–Crippen LogP) is 25.7. The number of benzene rings is 15. The van der Waals surface area contributed by atoms with E-state index in [0.717, 1.165) is 145 Å². The van der Waals surface area contributed by atoms with Crippen molar-refractivity contribution in [2.24, 2.45) is 0 Å². The lowest BCUT2D eigenvalue weighted by Crippen LogP contribution is -2.10. The third-order valence-corrected chi connectivity index (χ3v) is 18.8. The fourth-order valence-electron chi connectivity index (χ4n) is 14.1. The molecular weight excluding hydrogens is 1170 g/mol. The normalized spacial score (nSPS) is 11.5. The van der Waals surface area contributed by atoms with E-state index in [-0.39, 0.29) is 0 Å². The molecule has 15 aromatic carbocycles. The first kappa shape index (κ1) is 55.9. The maximum atomic E-state index is 6.27. The highest BCUT2D eigenvalue weighted by Crippen LogP contribution is 2.43. The van der Waals surface area contributed by atoms with Crippen molar-refractivity contribution >= 4 is 117 Å². The third kappa shape index (κ3) is 10.1. The van der Waals surface area contributed by atoms with E-state index in [1.807, 2.05) is 24.3 Å². The number of anilines is 9. The van der Waals surface area contributed by atoms with Gasteiger partial charge in [-0.2, -0.15) is 0 Å². The van der Waals surface area contributed by atoms with Gasteiger partial charge in [0.05, 0.1) is 11.0 Å². The molecule has 0 spiro atoms. The largest absolute Gasteiger partial charge is 0.456 e. The highest BCUT2D eigenvalue weighted by Gasteiger charge is 2.20. The molecule has 0 amide bonds. The molecule has 3 aromatic heterocycles. The Morgan fingerprint density at radius 2 is 0.417 bits per heavy atom. The Bertz CT molecular complexity index is 5500. The highest BCUT2D eigenvalue weighted by molar-refractivity contribution is 6.10. The van der Waals surface area contributed by atoms with Crippen LogP contribution in [0.3, 0.4) is 0 Å². The van der Waals surface area contributed by atoms with Crippen LogP contribution in [0.15, 0.2) is 373 Å². The molecule has 0 atom stereocenters. The van der Waals surface area contributed by atoms with Crippen LogP contribution in [-0.4, -0.2) is 4.57 Å². The molecule has 18 aromatic rings. The third-order valence-electron chi connectivity index (χ3n) is 18.8. The van der Waals surface area contributed by atoms with Gasteiger partial charge in [0.15, 0.2) is 0 Å². The average Bonchev–Trinajstić information content (AvgIpc) is 1.58. The van der Waals surface area contributed by atoms with Crippen LogP contribution in [0, 0.1) is 0 Å². The molecule has 0 aliphatic carbocycles. The minimum Gasteiger partial charge on any atom is -0.456 e. The summed E-state index contributed by atoms with van der Waals surface area (Å²) in [5, 5.41) is 7.01. The standard InChI is InChI=1S/C90H60N4O2/c1-3-15-69(16-4-1)91(73-49-35-65(36-50-73)67-39-57-83-81-21-9-13-25-87(81)95-89(83)59-67)71-41-27-61(28-42-71)63-31-45-75(46-32-63)93(77-53-55-78(56-54-77)94-85-23-11-7-19-79(85)80-20-8-12-24-86(80)94)76-47-33-64(34-48-76)62-29-43-72(44-30-62)92(70-17-5-2-6-18-70)74-51-37-66(38-52-74)68-40-58-84-82-22-10-14-26-88(82)96-90(84)60-68/h1-60H. The number of para-hydroxylation sites is 6. The molecule has 0 radical (unpaired) electrons. The number of nitrogens with zero attached hydrogens (tertiary/aromatic N) is 4. The molecule has 6 heteroatoms. The van der Waals surface area contributed by atoms with Gasteiger partial charge in [-0.25, -0.2) is 0 Å². The molecule has 96 heavy (non-hydrogen) atoms. The molecule has 3 heterocycles. The summed E-state index contributed by atoms with van der Waals surface area (Å²) in [5.41, 5.74) is 25.7. The van der Waals surface area contributed by atoms with Crippen molar-refractivity contribution in [3.63, 3.8) is 0 Å². The lowest BCUT2D eigenvalue weighted by molar-refractivity contribution is 0.668. The van der Waals surface area contributed by atoms with E-state index in [4.69, 9.17) is 8.83 Å². The van der Waals surface area contributed by atoms with Gasteiger partial charge >= 0.3 is 0 Å². The highest BCUT2D eigenvalue weighted by atomic mass is 16.3. The topological polar surface area (TPSA) is 40.9 Å². The lowest BCUT2D eigenvalue weighted by Gasteiger charge is -2.27. The fourth-order valence-corrected chi connectivity index (χ4v) is 14.1. The number of furan rings is 2. The molecule has 0 fully saturated rings. The van der Waals surface area contributed by atoms with E-state index in [0.29, 0.717) is 0 Å². The van der Waals surface area contributed by atoms with Crippen LogP contribution in [0.4, 0.5) is 51.2 Å². The summed E-state index contributed by atoms with van der Waals surface area (Å²) >= 11 is 0. The second-order valence-corrected chi connectivity index (χ2v) is 24.5. The molecule has 0 N–H and O–H groups in total. The number of aromatic nitrogens is 1. The second kappa shape index (κ2) is 23.7. The number of rotatable bonds is 14. The van der Waals surface area contributed by atoms with Crippen molar-refractivity contribution in [1.82, 2.24) is 4.57 Å². The van der Waals surface area contributed by atoms with Gasteiger partial charge in [-0.15, -0.1) is 0 Å². The van der Waals surface area contributed by atoms with Crippen molar-refractivity contribution < 1.29 is 8.83 Å². The van der Waals surface area contributed by atoms with E-state index >= 15 is 0 Å². The first-order valence-electron chi connectivity index (χ1n) is 32.6. The van der Waals surface area contributed by atoms with Crippen molar-refractivity contribution in [1.29, 1.82) is 0 Å². The average molecular weight is 1230 g/mol. The molecule has 452 valence electrons. The molecule has 0 aliphatic heterocycles. The molecule has 0 unspecified atom stereocenters. The minimum atomic E-state index is 0.892. The van der Waals surface area contributed by atoms with Gasteiger partial charge in [-0.3, -0.25) is 0 Å². The monoisotopic (exact) mass is 1230 g/mol. The van der Waals surface area contributed by atoms with Gasteiger partial charge < -0.3 is 28.1 Å². The lowest BCUT2D eigenvalue weighted by atomic mass is 10.0. The molecule has 6 nitrogen and oxygen atoms in total. The van der Waals surface area contributed by atoms with Crippen LogP contribution >= 0.6 is 0 Å². The zero-order valence-electron chi connectivity index (χ0n) is 52.2. The zero-order chi connectivity index (χ0) is 63.5. The predicted molar refractivity (Wildman–Crippen MR) is 401 cm³/mol. The van der Waals surface area contributed by atoms with Gasteiger partial charge in [0.25, 0.3) is 0 Å². The molecule has 18 rings (SSSR count). The Labute approximate surface area is 555 Å². The summed E-state index contributed by atoms with van der Waals surface area (Å²) in [6.07, 6.45) is 0. The van der Waals surface area contributed by atoms with Gasteiger partial charge in [-0.1, -0.05) is 194 Å². The van der Waals surface area contributed by atoms with Crippen molar-refractivity contribution in [2.75, 3.05) is 14.7 Å². The Hall–Kier alpha value is -12.9. The molecule has 0 saturated carbocycles. The van der Waals surface area contributed by atoms with Crippen LogP contribution in [0.2, 0.25) is 0 Å². The molecular formula is C90H60N4O2. The minimum absolute atomic E-state index is 0.892. The quantitative estimate of drug-likeness (QED) is 0.109. The summed E-state index contributed by atoms with van der Waals surface area (Å²) in [7, 11) is 0. The first-order chi connectivity index (χ1) is 47.6. The van der Waals surface area contributed by atoms with Gasteiger partial charge in [-0.05, 0) is 214 Å². The number of fused-ring (bicyclic) bond motifs is 9. The Balaban J connectivity index is 0.641. The smallest absolute Gasteiger partial charge is 0.136 e. The summed E-state index contributed by atoms with van der Waals surface area (Å²) in [6, 6.07) is 130. The van der Waals surface area contributed by atoms with E-state index in [1.165, 1.54) is 21.8 Å². The Morgan fingerprint density at radius 3 is 0.750 bits per heavy atom. The molecule has 0 bridgehead atoms. The van der Waals surface area contributed by atoms with Crippen molar-refractivity contribution in [2.45, 2.75) is 0 Å². The van der Waals surface area contributed by atoms with Crippen LogP contribution in [0.25, 0.3) is 116 Å². The van der Waals surface area contributed by atoms with Crippen molar-refractivity contribution in [3.05, 3.63) is 364 Å². The van der Waals surface area contributed by atoms with Crippen LogP contribution in [-0.2, 0) is 0 Å². The maximum Gasteiger partial charge on any atom is 0.136 e. The Morgan fingerprint density at radius 1 is 0.177 bits per heavy atom. The van der Waals surface area contributed by atoms with Crippen molar-refractivity contribution in [3.8, 4) is 50.2 Å². The molecule has 0 aliphatic rings. The maximum absolute atomic E-state index is 6.27. The van der Waals surface area contributed by atoms with Gasteiger partial charge in [0, 0.05) is 89.2 Å². The van der Waals surface area contributed by atoms with E-state index in [1.54, 1.807) is 0 Å². The van der Waals surface area contributed by atoms with Crippen LogP contribution in [0.1, 0.15) is 0 Å². The number of hydrogen-bond donors (Lipinski definition) is 0. The van der Waals surface area contributed by atoms with E-state index < -0.39 is 0 Å². The van der Waals surface area contributed by atoms with E-state index in [2.05, 4.69) is 359 Å². The first-order valence-corrected chi connectivity index (χ1v) is 32.6. The summed E-state index contributed by atoms with van der Waals surface area (Å²) in [4.78, 5) is 6.99. The van der Waals surface area contributed by atoms with Crippen LogP contribution < -0.4 is 14.7 Å². The Kier molecular flexibility index (Phi) is 13.8.